The predicted molar refractivity (Wildman–Crippen MR) is 74.2 cm³/mol. The van der Waals surface area contributed by atoms with Gasteiger partial charge in [0, 0.05) is 31.2 Å². The summed E-state index contributed by atoms with van der Waals surface area (Å²) in [6.45, 7) is 13.2. The Bertz CT molecular complexity index is 241. The number of hydrogen-bond donors (Lipinski definition) is 1. The van der Waals surface area contributed by atoms with E-state index in [1.165, 1.54) is 45.3 Å². The minimum Gasteiger partial charge on any atom is -0.311 e. The molecule has 0 amide bonds. The third-order valence-corrected chi connectivity index (χ3v) is 4.71. The topological polar surface area (TPSA) is 15.3 Å². The van der Waals surface area contributed by atoms with E-state index in [2.05, 4.69) is 37.9 Å². The van der Waals surface area contributed by atoms with E-state index in [4.69, 9.17) is 0 Å². The van der Waals surface area contributed by atoms with Gasteiger partial charge in [-0.2, -0.15) is 0 Å². The van der Waals surface area contributed by atoms with E-state index in [0.717, 1.165) is 11.8 Å². The van der Waals surface area contributed by atoms with Crippen molar-refractivity contribution in [2.45, 2.75) is 65.0 Å². The van der Waals surface area contributed by atoms with Crippen LogP contribution in [0.3, 0.4) is 0 Å². The lowest BCUT2D eigenvalue weighted by molar-refractivity contribution is 0.0239. The van der Waals surface area contributed by atoms with Crippen molar-refractivity contribution in [1.29, 1.82) is 0 Å². The Balaban J connectivity index is 2.06. The van der Waals surface area contributed by atoms with Crippen molar-refractivity contribution >= 4 is 0 Å². The molecule has 1 heterocycles. The molecule has 1 N–H and O–H groups in total. The van der Waals surface area contributed by atoms with Gasteiger partial charge in [-0.1, -0.05) is 40.5 Å². The summed E-state index contributed by atoms with van der Waals surface area (Å²) in [5, 5.41) is 3.81. The van der Waals surface area contributed by atoms with Gasteiger partial charge in [-0.25, -0.2) is 0 Å². The maximum Gasteiger partial charge on any atom is 0.0334 e. The van der Waals surface area contributed by atoms with Crippen LogP contribution in [-0.4, -0.2) is 36.1 Å². The van der Waals surface area contributed by atoms with Crippen LogP contribution in [0.1, 0.15) is 53.4 Å². The molecular formula is C15H30N2. The number of piperazine rings is 1. The van der Waals surface area contributed by atoms with Crippen LogP contribution < -0.4 is 5.32 Å². The zero-order valence-corrected chi connectivity index (χ0v) is 12.1. The van der Waals surface area contributed by atoms with Gasteiger partial charge in [0.05, 0.1) is 0 Å². The van der Waals surface area contributed by atoms with E-state index in [0.29, 0.717) is 11.6 Å². The van der Waals surface area contributed by atoms with E-state index in [1.807, 2.05) is 0 Å². The van der Waals surface area contributed by atoms with Gasteiger partial charge in [-0.05, 0) is 24.7 Å². The van der Waals surface area contributed by atoms with Crippen LogP contribution >= 0.6 is 0 Å². The molecule has 2 rings (SSSR count). The summed E-state index contributed by atoms with van der Waals surface area (Å²) in [6, 6.07) is 0.694. The fourth-order valence-electron chi connectivity index (χ4n) is 3.61. The monoisotopic (exact) mass is 238 g/mol. The van der Waals surface area contributed by atoms with Crippen LogP contribution in [0.2, 0.25) is 0 Å². The average Bonchev–Trinajstić information content (AvgIpc) is 2.70. The van der Waals surface area contributed by atoms with Crippen molar-refractivity contribution in [2.75, 3.05) is 19.6 Å². The highest BCUT2D eigenvalue weighted by atomic mass is 15.3. The molecule has 2 fully saturated rings. The van der Waals surface area contributed by atoms with Gasteiger partial charge < -0.3 is 5.32 Å². The molecule has 1 aliphatic carbocycles. The zero-order valence-electron chi connectivity index (χ0n) is 12.1. The molecule has 100 valence electrons. The second-order valence-electron chi connectivity index (χ2n) is 6.96. The maximum absolute atomic E-state index is 3.81. The van der Waals surface area contributed by atoms with Crippen molar-refractivity contribution in [3.05, 3.63) is 0 Å². The quantitative estimate of drug-likeness (QED) is 0.813. The smallest absolute Gasteiger partial charge is 0.0334 e. The molecule has 2 nitrogen and oxygen atoms in total. The minimum atomic E-state index is 0.510. The lowest BCUT2D eigenvalue weighted by Crippen LogP contribution is -2.65. The molecule has 1 saturated heterocycles. The van der Waals surface area contributed by atoms with Crippen LogP contribution in [0.4, 0.5) is 0 Å². The molecule has 1 unspecified atom stereocenters. The summed E-state index contributed by atoms with van der Waals surface area (Å²) in [5.41, 5.74) is 0.510. The van der Waals surface area contributed by atoms with Crippen LogP contribution in [-0.2, 0) is 0 Å². The minimum absolute atomic E-state index is 0.510. The van der Waals surface area contributed by atoms with Gasteiger partial charge in [0.1, 0.15) is 0 Å². The molecule has 0 bridgehead atoms. The maximum atomic E-state index is 3.81. The second kappa shape index (κ2) is 5.27. The first-order chi connectivity index (χ1) is 8.03. The Morgan fingerprint density at radius 2 is 1.82 bits per heavy atom. The molecule has 0 radical (unpaired) electrons. The molecule has 2 heteroatoms. The molecule has 1 aliphatic heterocycles. The fraction of sp³-hybridized carbons (Fsp3) is 1.00. The molecule has 0 aromatic heterocycles. The first kappa shape index (κ1) is 13.4. The van der Waals surface area contributed by atoms with Crippen molar-refractivity contribution in [1.82, 2.24) is 10.2 Å². The van der Waals surface area contributed by atoms with E-state index in [-0.39, 0.29) is 0 Å². The highest BCUT2D eigenvalue weighted by molar-refractivity contribution is 5.02. The summed E-state index contributed by atoms with van der Waals surface area (Å²) >= 11 is 0. The van der Waals surface area contributed by atoms with Gasteiger partial charge in [-0.3, -0.25) is 4.90 Å². The first-order valence-corrected chi connectivity index (χ1v) is 7.52. The first-order valence-electron chi connectivity index (χ1n) is 7.52. The second-order valence-corrected chi connectivity index (χ2v) is 6.96. The number of hydrogen-bond acceptors (Lipinski definition) is 2. The summed E-state index contributed by atoms with van der Waals surface area (Å²) in [5.74, 6) is 1.54. The van der Waals surface area contributed by atoms with E-state index in [1.54, 1.807) is 0 Å². The highest BCUT2D eigenvalue weighted by Gasteiger charge is 2.43. The third kappa shape index (κ3) is 2.85. The number of rotatable bonds is 3. The van der Waals surface area contributed by atoms with Gasteiger partial charge in [0.2, 0.25) is 0 Å². The molecule has 1 saturated carbocycles. The largest absolute Gasteiger partial charge is 0.311 e. The summed E-state index contributed by atoms with van der Waals surface area (Å²) in [6.07, 6.45) is 5.69. The van der Waals surface area contributed by atoms with Crippen molar-refractivity contribution in [3.63, 3.8) is 0 Å². The number of nitrogens with zero attached hydrogens (tertiary/aromatic N) is 1. The average molecular weight is 238 g/mol. The SMILES string of the molecule is CC(C)CN1CC(C(C)C)NCC12CCCC2. The Morgan fingerprint density at radius 1 is 1.18 bits per heavy atom. The summed E-state index contributed by atoms with van der Waals surface area (Å²) in [7, 11) is 0. The molecule has 0 aromatic carbocycles. The van der Waals surface area contributed by atoms with Crippen molar-refractivity contribution < 1.29 is 0 Å². The summed E-state index contributed by atoms with van der Waals surface area (Å²) in [4.78, 5) is 2.83. The van der Waals surface area contributed by atoms with Gasteiger partial charge >= 0.3 is 0 Å². The van der Waals surface area contributed by atoms with Crippen molar-refractivity contribution in [2.24, 2.45) is 11.8 Å². The Labute approximate surface area is 107 Å². The Hall–Kier alpha value is -0.0800. The highest BCUT2D eigenvalue weighted by Crippen LogP contribution is 2.37. The fourth-order valence-corrected chi connectivity index (χ4v) is 3.61. The molecule has 1 spiro atoms. The third-order valence-electron chi connectivity index (χ3n) is 4.71. The Morgan fingerprint density at radius 3 is 2.35 bits per heavy atom. The lowest BCUT2D eigenvalue weighted by Gasteiger charge is -2.50. The Kier molecular flexibility index (Phi) is 4.14. The van der Waals surface area contributed by atoms with Crippen LogP contribution in [0.5, 0.6) is 0 Å². The lowest BCUT2D eigenvalue weighted by atomic mass is 9.87. The van der Waals surface area contributed by atoms with E-state index in [9.17, 15) is 0 Å². The molecule has 17 heavy (non-hydrogen) atoms. The van der Waals surface area contributed by atoms with Crippen LogP contribution in [0.15, 0.2) is 0 Å². The van der Waals surface area contributed by atoms with E-state index < -0.39 is 0 Å². The van der Waals surface area contributed by atoms with E-state index >= 15 is 0 Å². The molecular weight excluding hydrogens is 208 g/mol. The molecule has 0 aromatic rings. The van der Waals surface area contributed by atoms with Crippen molar-refractivity contribution in [3.8, 4) is 0 Å². The predicted octanol–water partition coefficient (Wildman–Crippen LogP) is 2.89. The normalized spacial score (nSPS) is 29.6. The van der Waals surface area contributed by atoms with Crippen LogP contribution in [0, 0.1) is 11.8 Å². The standard InChI is InChI=1S/C15H30N2/c1-12(2)9-17-10-14(13(3)4)16-11-15(17)7-5-6-8-15/h12-14,16H,5-11H2,1-4H3. The summed E-state index contributed by atoms with van der Waals surface area (Å²) < 4.78 is 0. The molecule has 2 aliphatic rings. The van der Waals surface area contributed by atoms with Gasteiger partial charge in [-0.15, -0.1) is 0 Å². The van der Waals surface area contributed by atoms with Crippen LogP contribution in [0.25, 0.3) is 0 Å². The van der Waals surface area contributed by atoms with Gasteiger partial charge in [0.25, 0.3) is 0 Å². The zero-order chi connectivity index (χ0) is 12.5. The van der Waals surface area contributed by atoms with Gasteiger partial charge in [0.15, 0.2) is 0 Å². The number of nitrogens with one attached hydrogen (secondary N) is 1. The molecule has 1 atom stereocenters.